The number of hydrogen-bond donors (Lipinski definition) is 1. The van der Waals surface area contributed by atoms with Gasteiger partial charge >= 0.3 is 0 Å². The molecule has 1 aromatic heterocycles. The van der Waals surface area contributed by atoms with E-state index < -0.39 is 0 Å². The molecule has 23 heavy (non-hydrogen) atoms. The largest absolute Gasteiger partial charge is 0.356 e. The fourth-order valence-electron chi connectivity index (χ4n) is 3.22. The summed E-state index contributed by atoms with van der Waals surface area (Å²) in [6.45, 7) is 14.4. The lowest BCUT2D eigenvalue weighted by Crippen LogP contribution is -2.48. The van der Waals surface area contributed by atoms with Gasteiger partial charge in [-0.3, -0.25) is 4.99 Å². The highest BCUT2D eigenvalue weighted by Crippen LogP contribution is 2.24. The van der Waals surface area contributed by atoms with Gasteiger partial charge in [0.25, 0.3) is 0 Å². The fourth-order valence-corrected chi connectivity index (χ4v) is 4.24. The first-order chi connectivity index (χ1) is 10.8. The molecule has 1 aliphatic rings. The molecular formula is C18H32N4S. The van der Waals surface area contributed by atoms with Crippen LogP contribution in [0.3, 0.4) is 0 Å². The van der Waals surface area contributed by atoms with E-state index in [1.54, 1.807) is 11.3 Å². The summed E-state index contributed by atoms with van der Waals surface area (Å²) in [5.41, 5.74) is 1.33. The van der Waals surface area contributed by atoms with Crippen molar-refractivity contribution >= 4 is 17.3 Å². The molecule has 0 radical (unpaired) electrons. The van der Waals surface area contributed by atoms with Crippen molar-refractivity contribution in [2.75, 3.05) is 26.7 Å². The molecule has 1 aliphatic heterocycles. The van der Waals surface area contributed by atoms with Crippen LogP contribution in [0, 0.1) is 11.8 Å². The van der Waals surface area contributed by atoms with E-state index in [1.807, 2.05) is 7.05 Å². The van der Waals surface area contributed by atoms with Crippen molar-refractivity contribution < 1.29 is 0 Å². The van der Waals surface area contributed by atoms with Crippen LogP contribution in [0.1, 0.15) is 51.7 Å². The molecule has 2 unspecified atom stereocenters. The number of piperidine rings is 1. The molecule has 130 valence electrons. The predicted octanol–water partition coefficient (Wildman–Crippen LogP) is 3.54. The maximum Gasteiger partial charge on any atom is 0.193 e. The second kappa shape index (κ2) is 7.65. The SMILES string of the molecule is CN=C(NCCc1nc(C(C)(C)C)cs1)N1CC(C)CC(C)C1. The summed E-state index contributed by atoms with van der Waals surface area (Å²) in [7, 11) is 1.88. The molecule has 1 aromatic rings. The number of rotatable bonds is 3. The van der Waals surface area contributed by atoms with Crippen LogP contribution in [0.15, 0.2) is 10.4 Å². The van der Waals surface area contributed by atoms with E-state index in [-0.39, 0.29) is 5.41 Å². The molecule has 0 spiro atoms. The first-order valence-electron chi connectivity index (χ1n) is 8.70. The number of hydrogen-bond acceptors (Lipinski definition) is 3. The van der Waals surface area contributed by atoms with Gasteiger partial charge in [0.1, 0.15) is 0 Å². The lowest BCUT2D eigenvalue weighted by Gasteiger charge is -2.37. The van der Waals surface area contributed by atoms with Gasteiger partial charge in [-0.2, -0.15) is 0 Å². The Bertz CT molecular complexity index is 519. The molecule has 2 rings (SSSR count). The van der Waals surface area contributed by atoms with Crippen molar-refractivity contribution in [3.63, 3.8) is 0 Å². The third-order valence-electron chi connectivity index (χ3n) is 4.32. The zero-order chi connectivity index (χ0) is 17.0. The van der Waals surface area contributed by atoms with Gasteiger partial charge in [0.05, 0.1) is 10.7 Å². The van der Waals surface area contributed by atoms with Gasteiger partial charge in [-0.25, -0.2) is 4.98 Å². The fraction of sp³-hybridized carbons (Fsp3) is 0.778. The van der Waals surface area contributed by atoms with Crippen molar-refractivity contribution in [2.45, 2.75) is 52.9 Å². The molecule has 2 atom stereocenters. The molecule has 0 aliphatic carbocycles. The van der Waals surface area contributed by atoms with Crippen molar-refractivity contribution in [1.82, 2.24) is 15.2 Å². The van der Waals surface area contributed by atoms with Crippen LogP contribution in [0.2, 0.25) is 0 Å². The normalized spacial score (nSPS) is 23.2. The summed E-state index contributed by atoms with van der Waals surface area (Å²) in [6.07, 6.45) is 2.28. The van der Waals surface area contributed by atoms with Crippen LogP contribution < -0.4 is 5.32 Å². The van der Waals surface area contributed by atoms with Gasteiger partial charge in [0.2, 0.25) is 0 Å². The highest BCUT2D eigenvalue weighted by atomic mass is 32.1. The maximum atomic E-state index is 4.77. The van der Waals surface area contributed by atoms with Crippen LogP contribution in [0.25, 0.3) is 0 Å². The molecule has 0 bridgehead atoms. The summed E-state index contributed by atoms with van der Waals surface area (Å²) in [5.74, 6) is 2.52. The summed E-state index contributed by atoms with van der Waals surface area (Å²) in [6, 6.07) is 0. The number of guanidine groups is 1. The second-order valence-electron chi connectivity index (χ2n) is 7.95. The molecule has 5 heteroatoms. The van der Waals surface area contributed by atoms with Crippen LogP contribution in [0.5, 0.6) is 0 Å². The molecule has 1 saturated heterocycles. The predicted molar refractivity (Wildman–Crippen MR) is 100 cm³/mol. The zero-order valence-electron chi connectivity index (χ0n) is 15.5. The van der Waals surface area contributed by atoms with Crippen LogP contribution in [0.4, 0.5) is 0 Å². The van der Waals surface area contributed by atoms with Crippen molar-refractivity contribution in [2.24, 2.45) is 16.8 Å². The summed E-state index contributed by atoms with van der Waals surface area (Å²) in [5, 5.41) is 6.92. The molecule has 0 aromatic carbocycles. The highest BCUT2D eigenvalue weighted by molar-refractivity contribution is 7.09. The number of aromatic nitrogens is 1. The number of nitrogens with one attached hydrogen (secondary N) is 1. The third kappa shape index (κ3) is 5.20. The van der Waals surface area contributed by atoms with Gasteiger partial charge in [-0.05, 0) is 18.3 Å². The minimum absolute atomic E-state index is 0.137. The quantitative estimate of drug-likeness (QED) is 0.678. The molecule has 0 saturated carbocycles. The molecule has 1 N–H and O–H groups in total. The van der Waals surface area contributed by atoms with E-state index in [9.17, 15) is 0 Å². The van der Waals surface area contributed by atoms with Gasteiger partial charge in [0.15, 0.2) is 5.96 Å². The highest BCUT2D eigenvalue weighted by Gasteiger charge is 2.24. The summed E-state index contributed by atoms with van der Waals surface area (Å²) >= 11 is 1.77. The smallest absolute Gasteiger partial charge is 0.193 e. The summed E-state index contributed by atoms with van der Waals surface area (Å²) in [4.78, 5) is 11.6. The van der Waals surface area contributed by atoms with E-state index in [2.05, 4.69) is 55.2 Å². The van der Waals surface area contributed by atoms with Gasteiger partial charge in [-0.1, -0.05) is 34.6 Å². The molecule has 0 amide bonds. The Morgan fingerprint density at radius 2 is 2.00 bits per heavy atom. The second-order valence-corrected chi connectivity index (χ2v) is 8.89. The topological polar surface area (TPSA) is 40.5 Å². The Hall–Kier alpha value is -1.10. The average molecular weight is 337 g/mol. The standard InChI is InChI=1S/C18H32N4S/c1-13-9-14(2)11-22(10-13)17(19-6)20-8-7-16-21-15(12-23-16)18(3,4)5/h12-14H,7-11H2,1-6H3,(H,19,20). The number of thiazole rings is 1. The first-order valence-corrected chi connectivity index (χ1v) is 9.58. The molecule has 2 heterocycles. The lowest BCUT2D eigenvalue weighted by molar-refractivity contribution is 0.208. The van der Waals surface area contributed by atoms with Crippen LogP contribution in [-0.2, 0) is 11.8 Å². The van der Waals surface area contributed by atoms with Crippen molar-refractivity contribution in [3.05, 3.63) is 16.1 Å². The van der Waals surface area contributed by atoms with Crippen LogP contribution in [-0.4, -0.2) is 42.5 Å². The van der Waals surface area contributed by atoms with Crippen LogP contribution >= 0.6 is 11.3 Å². The minimum Gasteiger partial charge on any atom is -0.356 e. The van der Waals surface area contributed by atoms with E-state index >= 15 is 0 Å². The van der Waals surface area contributed by atoms with E-state index in [4.69, 9.17) is 4.98 Å². The lowest BCUT2D eigenvalue weighted by atomic mass is 9.92. The molecule has 4 nitrogen and oxygen atoms in total. The number of nitrogens with zero attached hydrogens (tertiary/aromatic N) is 3. The van der Waals surface area contributed by atoms with Gasteiger partial charge < -0.3 is 10.2 Å². The van der Waals surface area contributed by atoms with Crippen molar-refractivity contribution in [1.29, 1.82) is 0 Å². The van der Waals surface area contributed by atoms with Crippen molar-refractivity contribution in [3.8, 4) is 0 Å². The number of aliphatic imine (C=N–C) groups is 1. The molecule has 1 fully saturated rings. The maximum absolute atomic E-state index is 4.77. The Kier molecular flexibility index (Phi) is 6.06. The Balaban J connectivity index is 1.85. The third-order valence-corrected chi connectivity index (χ3v) is 5.23. The van der Waals surface area contributed by atoms with Gasteiger partial charge in [-0.15, -0.1) is 11.3 Å². The first kappa shape index (κ1) is 18.2. The Morgan fingerprint density at radius 3 is 2.52 bits per heavy atom. The Morgan fingerprint density at radius 1 is 1.35 bits per heavy atom. The van der Waals surface area contributed by atoms with E-state index in [1.165, 1.54) is 17.1 Å². The average Bonchev–Trinajstić information content (AvgIpc) is 2.91. The minimum atomic E-state index is 0.137. The summed E-state index contributed by atoms with van der Waals surface area (Å²) < 4.78 is 0. The zero-order valence-corrected chi connectivity index (χ0v) is 16.3. The molecular weight excluding hydrogens is 304 g/mol. The number of likely N-dealkylation sites (tertiary alicyclic amines) is 1. The van der Waals surface area contributed by atoms with Gasteiger partial charge in [0, 0.05) is 43.9 Å². The monoisotopic (exact) mass is 336 g/mol. The Labute approximate surface area is 145 Å². The van der Waals surface area contributed by atoms with E-state index in [0.717, 1.165) is 43.9 Å². The van der Waals surface area contributed by atoms with E-state index in [0.29, 0.717) is 0 Å².